The Balaban J connectivity index is 1.89. The lowest BCUT2D eigenvalue weighted by atomic mass is 9.96. The van der Waals surface area contributed by atoms with Gasteiger partial charge in [-0.25, -0.2) is 9.18 Å². The SMILES string of the molecule is O=C(NCC1CCCC1C(=O)O)Nc1c(F)cccc1Br. The van der Waals surface area contributed by atoms with E-state index in [1.807, 2.05) is 0 Å². The molecule has 1 aromatic carbocycles. The minimum absolute atomic E-state index is 0.0659. The number of carboxylic acid groups (broad SMARTS) is 1. The number of rotatable bonds is 4. The molecule has 0 aliphatic heterocycles. The fourth-order valence-corrected chi connectivity index (χ4v) is 3.05. The van der Waals surface area contributed by atoms with Gasteiger partial charge in [0.25, 0.3) is 0 Å². The van der Waals surface area contributed by atoms with Gasteiger partial charge < -0.3 is 15.7 Å². The number of amides is 2. The molecule has 2 amide bonds. The lowest BCUT2D eigenvalue weighted by Gasteiger charge is -2.17. The number of aliphatic carboxylic acids is 1. The summed E-state index contributed by atoms with van der Waals surface area (Å²) in [4.78, 5) is 22.8. The minimum Gasteiger partial charge on any atom is -0.481 e. The Hall–Kier alpha value is -1.63. The second kappa shape index (κ2) is 6.89. The molecule has 2 atom stereocenters. The first-order chi connectivity index (χ1) is 9.99. The molecule has 0 radical (unpaired) electrons. The summed E-state index contributed by atoms with van der Waals surface area (Å²) in [5.41, 5.74) is 0.0659. The summed E-state index contributed by atoms with van der Waals surface area (Å²) in [5, 5.41) is 14.1. The number of nitrogens with one attached hydrogen (secondary N) is 2. The first kappa shape index (κ1) is 15.8. The van der Waals surface area contributed by atoms with Crippen molar-refractivity contribution in [3.05, 3.63) is 28.5 Å². The van der Waals surface area contributed by atoms with Crippen molar-refractivity contribution in [3.8, 4) is 0 Å². The van der Waals surface area contributed by atoms with Gasteiger partial charge in [-0.1, -0.05) is 12.5 Å². The standard InChI is InChI=1S/C14H16BrFN2O3/c15-10-5-2-6-11(16)12(10)18-14(21)17-7-8-3-1-4-9(8)13(19)20/h2,5-6,8-9H,1,3-4,7H2,(H,19,20)(H2,17,18,21). The van der Waals surface area contributed by atoms with E-state index >= 15 is 0 Å². The minimum atomic E-state index is -0.823. The zero-order valence-electron chi connectivity index (χ0n) is 11.2. The molecule has 1 saturated carbocycles. The molecule has 1 aliphatic carbocycles. The third-order valence-electron chi connectivity index (χ3n) is 3.70. The summed E-state index contributed by atoms with van der Waals surface area (Å²) in [6.07, 6.45) is 2.27. The molecule has 0 bridgehead atoms. The Bertz CT molecular complexity index is 533. The van der Waals surface area contributed by atoms with Crippen molar-refractivity contribution >= 4 is 33.6 Å². The van der Waals surface area contributed by atoms with Gasteiger partial charge in [-0.15, -0.1) is 0 Å². The first-order valence-corrected chi connectivity index (χ1v) is 7.50. The number of carboxylic acids is 1. The molecular weight excluding hydrogens is 343 g/mol. The normalized spacial score (nSPS) is 21.0. The Morgan fingerprint density at radius 2 is 2.14 bits per heavy atom. The Kier molecular flexibility index (Phi) is 5.17. The Morgan fingerprint density at radius 3 is 2.81 bits per heavy atom. The van der Waals surface area contributed by atoms with Gasteiger partial charge in [0.2, 0.25) is 0 Å². The van der Waals surface area contributed by atoms with Crippen LogP contribution in [0.5, 0.6) is 0 Å². The highest BCUT2D eigenvalue weighted by molar-refractivity contribution is 9.10. The summed E-state index contributed by atoms with van der Waals surface area (Å²) in [6, 6.07) is 3.85. The molecular formula is C14H16BrFN2O3. The molecule has 1 aliphatic rings. The fourth-order valence-electron chi connectivity index (χ4n) is 2.61. The van der Waals surface area contributed by atoms with Gasteiger partial charge in [0, 0.05) is 11.0 Å². The van der Waals surface area contributed by atoms with E-state index in [1.165, 1.54) is 12.1 Å². The van der Waals surface area contributed by atoms with Crippen LogP contribution < -0.4 is 10.6 Å². The largest absolute Gasteiger partial charge is 0.481 e. The third-order valence-corrected chi connectivity index (χ3v) is 4.36. The van der Waals surface area contributed by atoms with Crippen LogP contribution in [-0.4, -0.2) is 23.7 Å². The van der Waals surface area contributed by atoms with Crippen molar-refractivity contribution in [2.45, 2.75) is 19.3 Å². The highest BCUT2D eigenvalue weighted by Gasteiger charge is 2.32. The number of benzene rings is 1. The van der Waals surface area contributed by atoms with Crippen LogP contribution in [0.3, 0.4) is 0 Å². The van der Waals surface area contributed by atoms with Crippen molar-refractivity contribution in [1.82, 2.24) is 5.32 Å². The number of hydrogen-bond acceptors (Lipinski definition) is 2. The quantitative estimate of drug-likeness (QED) is 0.773. The smallest absolute Gasteiger partial charge is 0.319 e. The predicted octanol–water partition coefficient (Wildman–Crippen LogP) is 3.21. The summed E-state index contributed by atoms with van der Waals surface area (Å²) >= 11 is 3.16. The second-order valence-corrected chi connectivity index (χ2v) is 5.92. The van der Waals surface area contributed by atoms with E-state index in [0.29, 0.717) is 10.9 Å². The molecule has 0 aromatic heterocycles. The van der Waals surface area contributed by atoms with Gasteiger partial charge in [0.15, 0.2) is 0 Å². The van der Waals surface area contributed by atoms with Crippen LogP contribution in [0.1, 0.15) is 19.3 Å². The average molecular weight is 359 g/mol. The number of carbonyl (C=O) groups excluding carboxylic acids is 1. The second-order valence-electron chi connectivity index (χ2n) is 5.07. The zero-order valence-corrected chi connectivity index (χ0v) is 12.8. The number of urea groups is 1. The van der Waals surface area contributed by atoms with Crippen molar-refractivity contribution in [2.24, 2.45) is 11.8 Å². The van der Waals surface area contributed by atoms with Gasteiger partial charge in [0.1, 0.15) is 5.82 Å². The summed E-state index contributed by atoms with van der Waals surface area (Å²) < 4.78 is 14.0. The lowest BCUT2D eigenvalue weighted by Crippen LogP contribution is -2.35. The third kappa shape index (κ3) is 3.93. The summed E-state index contributed by atoms with van der Waals surface area (Å²) in [7, 11) is 0. The number of para-hydroxylation sites is 1. The molecule has 2 unspecified atom stereocenters. The van der Waals surface area contributed by atoms with Crippen LogP contribution in [-0.2, 0) is 4.79 Å². The fraction of sp³-hybridized carbons (Fsp3) is 0.429. The molecule has 1 aromatic rings. The van der Waals surface area contributed by atoms with Crippen LogP contribution in [0.4, 0.5) is 14.9 Å². The molecule has 7 heteroatoms. The molecule has 1 fully saturated rings. The van der Waals surface area contributed by atoms with Crippen molar-refractivity contribution < 1.29 is 19.1 Å². The Labute approximate surface area is 130 Å². The van der Waals surface area contributed by atoms with Crippen molar-refractivity contribution in [3.63, 3.8) is 0 Å². The summed E-state index contributed by atoms with van der Waals surface area (Å²) in [5.74, 6) is -1.84. The number of hydrogen-bond donors (Lipinski definition) is 3. The van der Waals surface area contributed by atoms with E-state index in [4.69, 9.17) is 5.11 Å². The number of anilines is 1. The molecule has 0 heterocycles. The molecule has 21 heavy (non-hydrogen) atoms. The van der Waals surface area contributed by atoms with Crippen molar-refractivity contribution in [2.75, 3.05) is 11.9 Å². The van der Waals surface area contributed by atoms with E-state index in [2.05, 4.69) is 26.6 Å². The Morgan fingerprint density at radius 1 is 1.38 bits per heavy atom. The van der Waals surface area contributed by atoms with Gasteiger partial charge in [0.05, 0.1) is 11.6 Å². The van der Waals surface area contributed by atoms with Crippen LogP contribution in [0.15, 0.2) is 22.7 Å². The van der Waals surface area contributed by atoms with Gasteiger partial charge >= 0.3 is 12.0 Å². The highest BCUT2D eigenvalue weighted by Crippen LogP contribution is 2.31. The molecule has 0 saturated heterocycles. The number of carbonyl (C=O) groups is 2. The highest BCUT2D eigenvalue weighted by atomic mass is 79.9. The maximum Gasteiger partial charge on any atom is 0.319 e. The molecule has 114 valence electrons. The lowest BCUT2D eigenvalue weighted by molar-refractivity contribution is -0.142. The van der Waals surface area contributed by atoms with Crippen LogP contribution in [0.25, 0.3) is 0 Å². The zero-order chi connectivity index (χ0) is 15.4. The van der Waals surface area contributed by atoms with E-state index in [-0.39, 0.29) is 18.2 Å². The maximum absolute atomic E-state index is 13.6. The number of halogens is 2. The molecule has 5 nitrogen and oxygen atoms in total. The van der Waals surface area contributed by atoms with E-state index in [9.17, 15) is 14.0 Å². The first-order valence-electron chi connectivity index (χ1n) is 6.70. The average Bonchev–Trinajstić information content (AvgIpc) is 2.89. The summed E-state index contributed by atoms with van der Waals surface area (Å²) in [6.45, 7) is 0.273. The van der Waals surface area contributed by atoms with Gasteiger partial charge in [-0.05, 0) is 46.8 Å². The van der Waals surface area contributed by atoms with Crippen LogP contribution >= 0.6 is 15.9 Å². The van der Waals surface area contributed by atoms with Gasteiger partial charge in [-0.3, -0.25) is 4.79 Å². The molecule has 2 rings (SSSR count). The monoisotopic (exact) mass is 358 g/mol. The topological polar surface area (TPSA) is 78.4 Å². The van der Waals surface area contributed by atoms with Crippen LogP contribution in [0, 0.1) is 17.7 Å². The van der Waals surface area contributed by atoms with E-state index in [1.54, 1.807) is 6.07 Å². The van der Waals surface area contributed by atoms with E-state index in [0.717, 1.165) is 12.8 Å². The van der Waals surface area contributed by atoms with Crippen LogP contribution in [0.2, 0.25) is 0 Å². The van der Waals surface area contributed by atoms with Gasteiger partial charge in [-0.2, -0.15) is 0 Å². The predicted molar refractivity (Wildman–Crippen MR) is 79.6 cm³/mol. The van der Waals surface area contributed by atoms with E-state index < -0.39 is 23.7 Å². The maximum atomic E-state index is 13.6. The molecule has 3 N–H and O–H groups in total. The molecule has 0 spiro atoms. The van der Waals surface area contributed by atoms with Crippen molar-refractivity contribution in [1.29, 1.82) is 0 Å².